The van der Waals surface area contributed by atoms with Crippen LogP contribution in [0.5, 0.6) is 0 Å². The Labute approximate surface area is 137 Å². The molecule has 0 aliphatic carbocycles. The van der Waals surface area contributed by atoms with Gasteiger partial charge in [-0.2, -0.15) is 0 Å². The molecule has 1 aromatic heterocycles. The Morgan fingerprint density at radius 1 is 1.55 bits per heavy atom. The van der Waals surface area contributed by atoms with Gasteiger partial charge in [-0.15, -0.1) is 36.2 Å². The van der Waals surface area contributed by atoms with Gasteiger partial charge in [-0.1, -0.05) is 6.92 Å². The summed E-state index contributed by atoms with van der Waals surface area (Å²) < 4.78 is 0. The summed E-state index contributed by atoms with van der Waals surface area (Å²) in [6, 6.07) is 0.532. The Hall–Kier alpha value is -0.400. The average molecular weight is 343 g/mol. The first-order valence-corrected chi connectivity index (χ1v) is 7.09. The first-order valence-electron chi connectivity index (χ1n) is 6.21. The molecule has 20 heavy (non-hydrogen) atoms. The smallest absolute Gasteiger partial charge is 0.270 e. The van der Waals surface area contributed by atoms with Crippen molar-refractivity contribution in [3.8, 4) is 0 Å². The van der Waals surface area contributed by atoms with Crippen molar-refractivity contribution in [1.82, 2.24) is 15.2 Å². The highest BCUT2D eigenvalue weighted by atomic mass is 35.5. The van der Waals surface area contributed by atoms with Crippen LogP contribution in [0.15, 0.2) is 5.38 Å². The molecule has 1 heterocycles. The number of amides is 1. The second kappa shape index (κ2) is 11.3. The largest absolute Gasteiger partial charge is 0.349 e. The summed E-state index contributed by atoms with van der Waals surface area (Å²) in [7, 11) is 2.07. The van der Waals surface area contributed by atoms with Gasteiger partial charge in [0.1, 0.15) is 10.7 Å². The van der Waals surface area contributed by atoms with Gasteiger partial charge in [0.15, 0.2) is 0 Å². The van der Waals surface area contributed by atoms with E-state index in [1.165, 1.54) is 11.3 Å². The molecule has 1 aromatic rings. The van der Waals surface area contributed by atoms with Crippen LogP contribution in [0.25, 0.3) is 0 Å². The van der Waals surface area contributed by atoms with E-state index in [1.54, 1.807) is 5.38 Å². The minimum Gasteiger partial charge on any atom is -0.349 e. The molecule has 1 atom stereocenters. The summed E-state index contributed by atoms with van der Waals surface area (Å²) in [5, 5.41) is 5.40. The van der Waals surface area contributed by atoms with Crippen LogP contribution in [-0.2, 0) is 6.54 Å². The lowest BCUT2D eigenvalue weighted by Gasteiger charge is -2.23. The standard InChI is InChI=1S/C12H22N4OS.2ClH/c1-4-9(2)16(3)6-5-14-12(17)10-8-18-11(7-13)15-10;;/h8-9H,4-7,13H2,1-3H3,(H,14,17);2*1H. The monoisotopic (exact) mass is 342 g/mol. The molecule has 1 rings (SSSR count). The second-order valence-electron chi connectivity index (χ2n) is 4.32. The number of rotatable bonds is 7. The van der Waals surface area contributed by atoms with Crippen LogP contribution in [0, 0.1) is 0 Å². The van der Waals surface area contributed by atoms with Crippen LogP contribution in [0.4, 0.5) is 0 Å². The minimum atomic E-state index is -0.122. The number of nitrogens with zero attached hydrogens (tertiary/aromatic N) is 2. The number of hydrogen-bond donors (Lipinski definition) is 2. The van der Waals surface area contributed by atoms with E-state index in [2.05, 4.69) is 36.1 Å². The number of likely N-dealkylation sites (N-methyl/N-ethyl adjacent to an activating group) is 1. The molecule has 0 bridgehead atoms. The fourth-order valence-corrected chi connectivity index (χ4v) is 2.13. The highest BCUT2D eigenvalue weighted by Crippen LogP contribution is 2.08. The van der Waals surface area contributed by atoms with Gasteiger partial charge in [0.25, 0.3) is 5.91 Å². The van der Waals surface area contributed by atoms with Crippen molar-refractivity contribution in [2.45, 2.75) is 32.9 Å². The molecule has 5 nitrogen and oxygen atoms in total. The quantitative estimate of drug-likeness (QED) is 0.793. The predicted octanol–water partition coefficient (Wildman–Crippen LogP) is 1.91. The molecule has 0 saturated heterocycles. The van der Waals surface area contributed by atoms with Crippen molar-refractivity contribution in [2.75, 3.05) is 20.1 Å². The zero-order chi connectivity index (χ0) is 13.5. The van der Waals surface area contributed by atoms with Gasteiger partial charge >= 0.3 is 0 Å². The maximum absolute atomic E-state index is 11.8. The number of thiazole rings is 1. The maximum atomic E-state index is 11.8. The number of aromatic nitrogens is 1. The topological polar surface area (TPSA) is 71.2 Å². The van der Waals surface area contributed by atoms with E-state index in [4.69, 9.17) is 5.73 Å². The van der Waals surface area contributed by atoms with Crippen LogP contribution in [0.1, 0.15) is 35.8 Å². The van der Waals surface area contributed by atoms with Crippen molar-refractivity contribution in [1.29, 1.82) is 0 Å². The average Bonchev–Trinajstić information content (AvgIpc) is 2.86. The molecule has 118 valence electrons. The van der Waals surface area contributed by atoms with E-state index in [9.17, 15) is 4.79 Å². The lowest BCUT2D eigenvalue weighted by atomic mass is 10.2. The Bertz CT molecular complexity index is 389. The third-order valence-electron chi connectivity index (χ3n) is 3.05. The van der Waals surface area contributed by atoms with Gasteiger partial charge in [0, 0.05) is 31.1 Å². The molecule has 0 saturated carbocycles. The molecular weight excluding hydrogens is 319 g/mol. The van der Waals surface area contributed by atoms with E-state index < -0.39 is 0 Å². The van der Waals surface area contributed by atoms with Gasteiger partial charge in [-0.05, 0) is 20.4 Å². The number of nitrogens with one attached hydrogen (secondary N) is 1. The molecule has 0 aliphatic rings. The molecule has 0 aliphatic heterocycles. The van der Waals surface area contributed by atoms with E-state index >= 15 is 0 Å². The zero-order valence-electron chi connectivity index (χ0n) is 12.1. The number of carbonyl (C=O) groups is 1. The predicted molar refractivity (Wildman–Crippen MR) is 89.2 cm³/mol. The number of hydrogen-bond acceptors (Lipinski definition) is 5. The summed E-state index contributed by atoms with van der Waals surface area (Å²) in [5.41, 5.74) is 5.93. The van der Waals surface area contributed by atoms with Crippen LogP contribution < -0.4 is 11.1 Å². The van der Waals surface area contributed by atoms with Gasteiger partial charge < -0.3 is 16.0 Å². The van der Waals surface area contributed by atoms with Crippen molar-refractivity contribution in [3.05, 3.63) is 16.1 Å². The van der Waals surface area contributed by atoms with E-state index in [0.717, 1.165) is 18.0 Å². The highest BCUT2D eigenvalue weighted by molar-refractivity contribution is 7.09. The Balaban J connectivity index is 0. The van der Waals surface area contributed by atoms with Crippen LogP contribution in [-0.4, -0.2) is 42.0 Å². The summed E-state index contributed by atoms with van der Waals surface area (Å²) >= 11 is 1.42. The molecule has 8 heteroatoms. The number of halogens is 2. The molecule has 1 unspecified atom stereocenters. The molecule has 3 N–H and O–H groups in total. The van der Waals surface area contributed by atoms with Crippen LogP contribution in [0.3, 0.4) is 0 Å². The summed E-state index contributed by atoms with van der Waals surface area (Å²) in [5.74, 6) is -0.122. The lowest BCUT2D eigenvalue weighted by Crippen LogP contribution is -2.37. The minimum absolute atomic E-state index is 0. The van der Waals surface area contributed by atoms with Gasteiger partial charge in [0.05, 0.1) is 0 Å². The van der Waals surface area contributed by atoms with Gasteiger partial charge in [-0.3, -0.25) is 4.79 Å². The van der Waals surface area contributed by atoms with Crippen LogP contribution in [0.2, 0.25) is 0 Å². The molecule has 1 amide bonds. The Kier molecular flexibility index (Phi) is 12.3. The third-order valence-corrected chi connectivity index (χ3v) is 3.92. The molecule has 0 aromatic carbocycles. The second-order valence-corrected chi connectivity index (χ2v) is 5.27. The van der Waals surface area contributed by atoms with Crippen LogP contribution >= 0.6 is 36.2 Å². The van der Waals surface area contributed by atoms with E-state index in [0.29, 0.717) is 24.8 Å². The first-order chi connectivity index (χ1) is 8.58. The number of nitrogens with two attached hydrogens (primary N) is 1. The third kappa shape index (κ3) is 6.85. The summed E-state index contributed by atoms with van der Waals surface area (Å²) in [4.78, 5) is 18.1. The van der Waals surface area contributed by atoms with Gasteiger partial charge in [0.2, 0.25) is 0 Å². The zero-order valence-corrected chi connectivity index (χ0v) is 14.5. The molecule has 0 radical (unpaired) electrons. The van der Waals surface area contributed by atoms with Crippen molar-refractivity contribution in [3.63, 3.8) is 0 Å². The van der Waals surface area contributed by atoms with Crippen molar-refractivity contribution >= 4 is 42.1 Å². The van der Waals surface area contributed by atoms with Gasteiger partial charge in [-0.25, -0.2) is 4.98 Å². The SMILES string of the molecule is CCC(C)N(C)CCNC(=O)c1csc(CN)n1.Cl.Cl. The summed E-state index contributed by atoms with van der Waals surface area (Å²) in [6.07, 6.45) is 1.11. The normalized spacial score (nSPS) is 11.4. The fraction of sp³-hybridized carbons (Fsp3) is 0.667. The van der Waals surface area contributed by atoms with Crippen molar-refractivity contribution in [2.24, 2.45) is 5.73 Å². The van der Waals surface area contributed by atoms with E-state index in [-0.39, 0.29) is 30.7 Å². The van der Waals surface area contributed by atoms with E-state index in [1.807, 2.05) is 0 Å². The summed E-state index contributed by atoms with van der Waals surface area (Å²) in [6.45, 7) is 6.19. The highest BCUT2D eigenvalue weighted by Gasteiger charge is 2.11. The fourth-order valence-electron chi connectivity index (χ4n) is 1.48. The van der Waals surface area contributed by atoms with Crippen molar-refractivity contribution < 1.29 is 4.79 Å². The Morgan fingerprint density at radius 2 is 2.20 bits per heavy atom. The Morgan fingerprint density at radius 3 is 2.70 bits per heavy atom. The molecular formula is C12H24Cl2N4OS. The number of carbonyl (C=O) groups excluding carboxylic acids is 1. The lowest BCUT2D eigenvalue weighted by molar-refractivity contribution is 0.0943. The first kappa shape index (κ1) is 21.9. The molecule has 0 spiro atoms. The molecule has 0 fully saturated rings. The maximum Gasteiger partial charge on any atom is 0.270 e.